The molecule has 1 aromatic carbocycles. The summed E-state index contributed by atoms with van der Waals surface area (Å²) in [7, 11) is 0. The third-order valence-electron chi connectivity index (χ3n) is 5.26. The lowest BCUT2D eigenvalue weighted by atomic mass is 9.84. The van der Waals surface area contributed by atoms with Gasteiger partial charge in [0.05, 0.1) is 18.5 Å². The summed E-state index contributed by atoms with van der Waals surface area (Å²) in [6.45, 7) is 0.530. The molecule has 4 rings (SSSR count). The first-order valence-corrected chi connectivity index (χ1v) is 8.93. The van der Waals surface area contributed by atoms with E-state index in [0.717, 1.165) is 12.8 Å². The fourth-order valence-electron chi connectivity index (χ4n) is 3.64. The number of hydrogen-bond donors (Lipinski definition) is 1. The highest BCUT2D eigenvalue weighted by atomic mass is 16.5. The minimum Gasteiger partial charge on any atom is -0.486 e. The van der Waals surface area contributed by atoms with Crippen LogP contribution in [-0.2, 0) is 9.59 Å². The number of carbonyl (C=O) groups is 3. The van der Waals surface area contributed by atoms with Crippen molar-refractivity contribution in [1.82, 2.24) is 10.2 Å². The SMILES string of the molecule is O=C(CN1CCC2(CCC1=O)CC(=O)c1ccccc1O2)NC1CC1. The van der Waals surface area contributed by atoms with Crippen LogP contribution in [0.4, 0.5) is 0 Å². The zero-order chi connectivity index (χ0) is 17.4. The van der Waals surface area contributed by atoms with Crippen molar-refractivity contribution in [3.05, 3.63) is 29.8 Å². The van der Waals surface area contributed by atoms with Gasteiger partial charge in [0.1, 0.15) is 11.4 Å². The molecule has 1 unspecified atom stereocenters. The molecule has 1 atom stereocenters. The second-order valence-electron chi connectivity index (χ2n) is 7.29. The molecular weight excluding hydrogens is 320 g/mol. The molecule has 1 saturated heterocycles. The largest absolute Gasteiger partial charge is 0.486 e. The van der Waals surface area contributed by atoms with Crippen LogP contribution in [0.3, 0.4) is 0 Å². The summed E-state index contributed by atoms with van der Waals surface area (Å²) in [4.78, 5) is 38.5. The number of benzene rings is 1. The van der Waals surface area contributed by atoms with Gasteiger partial charge in [0.25, 0.3) is 0 Å². The summed E-state index contributed by atoms with van der Waals surface area (Å²) in [5, 5.41) is 2.92. The summed E-state index contributed by atoms with van der Waals surface area (Å²) in [6.07, 6.45) is 3.71. The minimum absolute atomic E-state index is 0.0438. The highest BCUT2D eigenvalue weighted by Crippen LogP contribution is 2.39. The number of nitrogens with one attached hydrogen (secondary N) is 1. The number of para-hydroxylation sites is 1. The number of amides is 2. The maximum Gasteiger partial charge on any atom is 0.239 e. The van der Waals surface area contributed by atoms with Crippen molar-refractivity contribution in [1.29, 1.82) is 0 Å². The molecule has 2 amide bonds. The number of rotatable bonds is 3. The van der Waals surface area contributed by atoms with Crippen molar-refractivity contribution in [2.45, 2.75) is 50.2 Å². The molecule has 0 aromatic heterocycles. The smallest absolute Gasteiger partial charge is 0.239 e. The van der Waals surface area contributed by atoms with Crippen molar-refractivity contribution in [2.75, 3.05) is 13.1 Å². The second kappa shape index (κ2) is 6.17. The maximum absolute atomic E-state index is 12.5. The standard InChI is InChI=1S/C19H22N2O4/c22-15-11-19(25-16-4-2-1-3-14(15)16)8-7-18(24)21(10-9-19)12-17(23)20-13-5-6-13/h1-4,13H,5-12H2,(H,20,23). The Morgan fingerprint density at radius 3 is 2.84 bits per heavy atom. The Bertz CT molecular complexity index is 728. The molecule has 25 heavy (non-hydrogen) atoms. The normalized spacial score (nSPS) is 26.0. The van der Waals surface area contributed by atoms with Crippen LogP contribution >= 0.6 is 0 Å². The number of likely N-dealkylation sites (tertiary alicyclic amines) is 1. The van der Waals surface area contributed by atoms with Crippen molar-refractivity contribution in [3.8, 4) is 5.75 Å². The van der Waals surface area contributed by atoms with E-state index in [9.17, 15) is 14.4 Å². The highest BCUT2D eigenvalue weighted by molar-refractivity contribution is 6.00. The fourth-order valence-corrected chi connectivity index (χ4v) is 3.64. The van der Waals surface area contributed by atoms with E-state index in [1.807, 2.05) is 18.2 Å². The predicted molar refractivity (Wildman–Crippen MR) is 90.3 cm³/mol. The lowest BCUT2D eigenvalue weighted by Crippen LogP contribution is -2.44. The fraction of sp³-hybridized carbons (Fsp3) is 0.526. The van der Waals surface area contributed by atoms with E-state index in [-0.39, 0.29) is 30.2 Å². The Kier molecular flexibility index (Phi) is 3.98. The summed E-state index contributed by atoms with van der Waals surface area (Å²) in [6, 6.07) is 7.55. The van der Waals surface area contributed by atoms with Gasteiger partial charge in [-0.1, -0.05) is 12.1 Å². The van der Waals surface area contributed by atoms with Gasteiger partial charge in [0, 0.05) is 25.4 Å². The Morgan fingerprint density at radius 1 is 1.24 bits per heavy atom. The number of ketones is 1. The number of hydrogen-bond acceptors (Lipinski definition) is 4. The third kappa shape index (κ3) is 3.38. The average molecular weight is 342 g/mol. The molecule has 3 aliphatic rings. The average Bonchev–Trinajstić information content (AvgIpc) is 3.41. The van der Waals surface area contributed by atoms with Crippen LogP contribution in [0.5, 0.6) is 5.75 Å². The van der Waals surface area contributed by atoms with Gasteiger partial charge in [0.15, 0.2) is 5.78 Å². The van der Waals surface area contributed by atoms with Gasteiger partial charge < -0.3 is 15.0 Å². The van der Waals surface area contributed by atoms with Gasteiger partial charge in [-0.15, -0.1) is 0 Å². The van der Waals surface area contributed by atoms with Crippen LogP contribution in [-0.4, -0.2) is 47.2 Å². The molecule has 1 N–H and O–H groups in total. The zero-order valence-electron chi connectivity index (χ0n) is 14.1. The van der Waals surface area contributed by atoms with E-state index >= 15 is 0 Å². The van der Waals surface area contributed by atoms with Crippen LogP contribution < -0.4 is 10.1 Å². The minimum atomic E-state index is -0.636. The number of carbonyl (C=O) groups excluding carboxylic acids is 3. The lowest BCUT2D eigenvalue weighted by Gasteiger charge is -2.37. The summed E-state index contributed by atoms with van der Waals surface area (Å²) in [5.74, 6) is 0.524. The summed E-state index contributed by atoms with van der Waals surface area (Å²) in [5.41, 5.74) is -0.0209. The van der Waals surface area contributed by atoms with E-state index < -0.39 is 5.60 Å². The predicted octanol–water partition coefficient (Wildman–Crippen LogP) is 1.68. The summed E-state index contributed by atoms with van der Waals surface area (Å²) < 4.78 is 6.19. The van der Waals surface area contributed by atoms with Crippen LogP contribution in [0, 0.1) is 0 Å². The van der Waals surface area contributed by atoms with Crippen molar-refractivity contribution in [3.63, 3.8) is 0 Å². The second-order valence-corrected chi connectivity index (χ2v) is 7.29. The molecule has 6 heteroatoms. The zero-order valence-corrected chi connectivity index (χ0v) is 14.1. The molecule has 1 saturated carbocycles. The maximum atomic E-state index is 12.5. The molecule has 0 radical (unpaired) electrons. The number of ether oxygens (including phenoxy) is 1. The van der Waals surface area contributed by atoms with Crippen LogP contribution in [0.25, 0.3) is 0 Å². The van der Waals surface area contributed by atoms with E-state index in [1.54, 1.807) is 11.0 Å². The lowest BCUT2D eigenvalue weighted by molar-refractivity contribution is -0.135. The first-order valence-electron chi connectivity index (χ1n) is 8.93. The van der Waals surface area contributed by atoms with E-state index in [2.05, 4.69) is 5.32 Å². The van der Waals surface area contributed by atoms with Crippen LogP contribution in [0.2, 0.25) is 0 Å². The van der Waals surface area contributed by atoms with Gasteiger partial charge in [-0.3, -0.25) is 14.4 Å². The van der Waals surface area contributed by atoms with Gasteiger partial charge in [0.2, 0.25) is 11.8 Å². The molecule has 2 heterocycles. The van der Waals surface area contributed by atoms with E-state index in [4.69, 9.17) is 4.74 Å². The molecule has 1 spiro atoms. The first-order chi connectivity index (χ1) is 12.0. The molecule has 6 nitrogen and oxygen atoms in total. The molecule has 0 bridgehead atoms. The highest BCUT2D eigenvalue weighted by Gasteiger charge is 2.43. The van der Waals surface area contributed by atoms with Gasteiger partial charge in [-0.05, 0) is 31.4 Å². The molecule has 132 valence electrons. The quantitative estimate of drug-likeness (QED) is 0.907. The Morgan fingerprint density at radius 2 is 2.04 bits per heavy atom. The number of fused-ring (bicyclic) bond motifs is 1. The number of Topliss-reactive ketones (excluding diaryl/α,β-unsaturated/α-hetero) is 1. The molecule has 1 aromatic rings. The van der Waals surface area contributed by atoms with Gasteiger partial charge >= 0.3 is 0 Å². The monoisotopic (exact) mass is 342 g/mol. The van der Waals surface area contributed by atoms with Crippen molar-refractivity contribution < 1.29 is 19.1 Å². The Labute approximate surface area is 146 Å². The Hall–Kier alpha value is -2.37. The van der Waals surface area contributed by atoms with Crippen LogP contribution in [0.1, 0.15) is 48.9 Å². The van der Waals surface area contributed by atoms with Crippen molar-refractivity contribution in [2.24, 2.45) is 0 Å². The van der Waals surface area contributed by atoms with E-state index in [0.29, 0.717) is 43.5 Å². The first kappa shape index (κ1) is 16.1. The van der Waals surface area contributed by atoms with Crippen LogP contribution in [0.15, 0.2) is 24.3 Å². The number of nitrogens with zero attached hydrogens (tertiary/aromatic N) is 1. The topological polar surface area (TPSA) is 75.7 Å². The molecular formula is C19H22N2O4. The molecule has 1 aliphatic carbocycles. The van der Waals surface area contributed by atoms with E-state index in [1.165, 1.54) is 0 Å². The molecule has 2 aliphatic heterocycles. The Balaban J connectivity index is 1.46. The van der Waals surface area contributed by atoms with Crippen molar-refractivity contribution >= 4 is 17.6 Å². The van der Waals surface area contributed by atoms with Gasteiger partial charge in [-0.25, -0.2) is 0 Å². The molecule has 2 fully saturated rings. The summed E-state index contributed by atoms with van der Waals surface area (Å²) >= 11 is 0. The van der Waals surface area contributed by atoms with Gasteiger partial charge in [-0.2, -0.15) is 0 Å². The third-order valence-corrected chi connectivity index (χ3v) is 5.26.